The summed E-state index contributed by atoms with van der Waals surface area (Å²) in [4.78, 5) is 22.5. The van der Waals surface area contributed by atoms with Gasteiger partial charge in [-0.15, -0.1) is 0 Å². The maximum atomic E-state index is 11.0. The van der Waals surface area contributed by atoms with Gasteiger partial charge in [-0.3, -0.25) is 0 Å². The summed E-state index contributed by atoms with van der Waals surface area (Å²) < 4.78 is 0. The minimum absolute atomic E-state index is 0.220. The van der Waals surface area contributed by atoms with Gasteiger partial charge in [0.15, 0.2) is 5.65 Å². The molecular weight excluding hydrogens is 218 g/mol. The molecule has 0 fully saturated rings. The number of aromatic carboxylic acids is 1. The number of hydrogen-bond donors (Lipinski definition) is 2. The Morgan fingerprint density at radius 2 is 2.35 bits per heavy atom. The molecule has 2 aromatic heterocycles. The number of pyridine rings is 1. The van der Waals surface area contributed by atoms with Gasteiger partial charge in [0.25, 0.3) is 0 Å². The van der Waals surface area contributed by atoms with Crippen LogP contribution in [0.1, 0.15) is 36.5 Å². The Labute approximate surface area is 98.9 Å². The van der Waals surface area contributed by atoms with Gasteiger partial charge >= 0.3 is 5.97 Å². The summed E-state index contributed by atoms with van der Waals surface area (Å²) in [6.45, 7) is 4.26. The van der Waals surface area contributed by atoms with Gasteiger partial charge < -0.3 is 10.1 Å². The van der Waals surface area contributed by atoms with Crippen LogP contribution >= 0.6 is 0 Å². The molecule has 2 rings (SSSR count). The Kier molecular flexibility index (Phi) is 3.08. The lowest BCUT2D eigenvalue weighted by Gasteiger charge is -2.03. The van der Waals surface area contributed by atoms with Gasteiger partial charge in [-0.25, -0.2) is 14.8 Å². The average molecular weight is 233 g/mol. The van der Waals surface area contributed by atoms with Crippen LogP contribution < -0.4 is 0 Å². The number of nitrogens with zero attached hydrogens (tertiary/aromatic N) is 2. The summed E-state index contributed by atoms with van der Waals surface area (Å²) in [5, 5.41) is 9.04. The molecule has 0 aliphatic heterocycles. The van der Waals surface area contributed by atoms with Crippen LogP contribution in [0, 0.1) is 5.92 Å². The van der Waals surface area contributed by atoms with E-state index in [0.29, 0.717) is 17.1 Å². The van der Waals surface area contributed by atoms with E-state index in [-0.39, 0.29) is 5.56 Å². The summed E-state index contributed by atoms with van der Waals surface area (Å²) in [5.74, 6) is 0.357. The highest BCUT2D eigenvalue weighted by atomic mass is 16.4. The molecule has 0 aromatic carbocycles. The number of nitrogens with one attached hydrogen (secondary N) is 1. The van der Waals surface area contributed by atoms with Crippen LogP contribution in [0.15, 0.2) is 12.3 Å². The molecule has 2 N–H and O–H groups in total. The molecule has 90 valence electrons. The topological polar surface area (TPSA) is 78.9 Å². The molecular formula is C12H15N3O2. The molecule has 0 amide bonds. The molecule has 0 saturated heterocycles. The second-order valence-electron chi connectivity index (χ2n) is 4.26. The van der Waals surface area contributed by atoms with Crippen LogP contribution in [0.3, 0.4) is 0 Å². The van der Waals surface area contributed by atoms with Crippen LogP contribution in [0.5, 0.6) is 0 Å². The number of H-pyrrole nitrogens is 1. The lowest BCUT2D eigenvalue weighted by molar-refractivity contribution is 0.0699. The zero-order valence-corrected chi connectivity index (χ0v) is 9.90. The van der Waals surface area contributed by atoms with Crippen molar-refractivity contribution in [3.05, 3.63) is 23.7 Å². The summed E-state index contributed by atoms with van der Waals surface area (Å²) >= 11 is 0. The fourth-order valence-electron chi connectivity index (χ4n) is 1.71. The highest BCUT2D eigenvalue weighted by Gasteiger charge is 2.13. The number of aromatic nitrogens is 3. The van der Waals surface area contributed by atoms with Crippen molar-refractivity contribution in [3.8, 4) is 0 Å². The van der Waals surface area contributed by atoms with E-state index in [4.69, 9.17) is 5.11 Å². The summed E-state index contributed by atoms with van der Waals surface area (Å²) in [7, 11) is 0. The molecule has 17 heavy (non-hydrogen) atoms. The van der Waals surface area contributed by atoms with Gasteiger partial charge in [-0.1, -0.05) is 20.3 Å². The lowest BCUT2D eigenvalue weighted by atomic mass is 10.1. The zero-order valence-electron chi connectivity index (χ0n) is 9.90. The summed E-state index contributed by atoms with van der Waals surface area (Å²) in [6.07, 6.45) is 3.35. The molecule has 0 saturated carbocycles. The third kappa shape index (κ3) is 2.27. The Bertz CT molecular complexity index is 548. The smallest absolute Gasteiger partial charge is 0.338 e. The van der Waals surface area contributed by atoms with Crippen LogP contribution in [0.4, 0.5) is 0 Å². The summed E-state index contributed by atoms with van der Waals surface area (Å²) in [6, 6.07) is 1.48. The van der Waals surface area contributed by atoms with Crippen molar-refractivity contribution in [2.75, 3.05) is 0 Å². The molecule has 1 unspecified atom stereocenters. The van der Waals surface area contributed by atoms with E-state index in [1.807, 2.05) is 0 Å². The Morgan fingerprint density at radius 3 is 3.00 bits per heavy atom. The van der Waals surface area contributed by atoms with Crippen molar-refractivity contribution in [1.82, 2.24) is 15.0 Å². The molecule has 2 aromatic rings. The first kappa shape index (κ1) is 11.6. The maximum absolute atomic E-state index is 11.0. The Balaban J connectivity index is 2.43. The molecule has 0 radical (unpaired) electrons. The largest absolute Gasteiger partial charge is 0.478 e. The van der Waals surface area contributed by atoms with E-state index in [0.717, 1.165) is 18.7 Å². The van der Waals surface area contributed by atoms with Crippen LogP contribution in [0.25, 0.3) is 11.2 Å². The maximum Gasteiger partial charge on any atom is 0.338 e. The number of carbonyl (C=O) groups is 1. The van der Waals surface area contributed by atoms with Gasteiger partial charge in [-0.2, -0.15) is 0 Å². The molecule has 0 aliphatic rings. The SMILES string of the molecule is CCC(C)Cc1nc2nccc(C(=O)O)c2[nH]1. The second-order valence-corrected chi connectivity index (χ2v) is 4.26. The highest BCUT2D eigenvalue weighted by molar-refractivity contribution is 5.99. The van der Waals surface area contributed by atoms with Crippen LogP contribution in [-0.2, 0) is 6.42 Å². The Hall–Kier alpha value is -1.91. The van der Waals surface area contributed by atoms with Gasteiger partial charge in [0, 0.05) is 12.6 Å². The number of fused-ring (bicyclic) bond motifs is 1. The van der Waals surface area contributed by atoms with E-state index in [1.165, 1.54) is 12.3 Å². The Morgan fingerprint density at radius 1 is 1.59 bits per heavy atom. The second kappa shape index (κ2) is 4.53. The third-order valence-corrected chi connectivity index (χ3v) is 2.91. The number of hydrogen-bond acceptors (Lipinski definition) is 3. The van der Waals surface area contributed by atoms with Crippen LogP contribution in [0.2, 0.25) is 0 Å². The molecule has 5 heteroatoms. The van der Waals surface area contributed by atoms with E-state index >= 15 is 0 Å². The molecule has 0 spiro atoms. The van der Waals surface area contributed by atoms with Gasteiger partial charge in [0.1, 0.15) is 5.82 Å². The number of carboxylic acids is 1. The van der Waals surface area contributed by atoms with Gasteiger partial charge in [-0.05, 0) is 12.0 Å². The first-order chi connectivity index (χ1) is 8.11. The molecule has 0 bridgehead atoms. The zero-order chi connectivity index (χ0) is 12.4. The molecule has 2 heterocycles. The first-order valence-electron chi connectivity index (χ1n) is 5.68. The number of aromatic amines is 1. The standard InChI is InChI=1S/C12H15N3O2/c1-3-7(2)6-9-14-10-8(12(16)17)4-5-13-11(10)15-9/h4-5,7H,3,6H2,1-2H3,(H,16,17)(H,13,14,15). The van der Waals surface area contributed by atoms with Crippen molar-refractivity contribution in [3.63, 3.8) is 0 Å². The average Bonchev–Trinajstić information content (AvgIpc) is 2.70. The van der Waals surface area contributed by atoms with E-state index in [9.17, 15) is 4.79 Å². The lowest BCUT2D eigenvalue weighted by Crippen LogP contribution is -2.00. The fraction of sp³-hybridized carbons (Fsp3) is 0.417. The van der Waals surface area contributed by atoms with E-state index < -0.39 is 5.97 Å². The predicted molar refractivity (Wildman–Crippen MR) is 64.0 cm³/mol. The van der Waals surface area contributed by atoms with E-state index in [1.54, 1.807) is 0 Å². The minimum atomic E-state index is -0.962. The monoisotopic (exact) mass is 233 g/mol. The normalized spacial score (nSPS) is 12.8. The van der Waals surface area contributed by atoms with Crippen molar-refractivity contribution in [2.24, 2.45) is 5.92 Å². The first-order valence-corrected chi connectivity index (χ1v) is 5.68. The molecule has 1 atom stereocenters. The highest BCUT2D eigenvalue weighted by Crippen LogP contribution is 2.16. The van der Waals surface area contributed by atoms with Gasteiger partial charge in [0.05, 0.1) is 11.1 Å². The summed E-state index contributed by atoms with van der Waals surface area (Å²) in [5.41, 5.74) is 1.21. The van der Waals surface area contributed by atoms with Crippen molar-refractivity contribution in [1.29, 1.82) is 0 Å². The quantitative estimate of drug-likeness (QED) is 0.848. The molecule has 0 aliphatic carbocycles. The van der Waals surface area contributed by atoms with E-state index in [2.05, 4.69) is 28.8 Å². The number of carboxylic acid groups (broad SMARTS) is 1. The van der Waals surface area contributed by atoms with Crippen LogP contribution in [-0.4, -0.2) is 26.0 Å². The predicted octanol–water partition coefficient (Wildman–Crippen LogP) is 2.24. The fourth-order valence-corrected chi connectivity index (χ4v) is 1.71. The number of imidazole rings is 1. The van der Waals surface area contributed by atoms with Crippen molar-refractivity contribution >= 4 is 17.1 Å². The third-order valence-electron chi connectivity index (χ3n) is 2.91. The van der Waals surface area contributed by atoms with Crippen molar-refractivity contribution < 1.29 is 9.90 Å². The number of rotatable bonds is 4. The molecule has 5 nitrogen and oxygen atoms in total. The minimum Gasteiger partial charge on any atom is -0.478 e. The van der Waals surface area contributed by atoms with Gasteiger partial charge in [0.2, 0.25) is 0 Å². The van der Waals surface area contributed by atoms with Crippen molar-refractivity contribution in [2.45, 2.75) is 26.7 Å².